The Labute approximate surface area is 92.3 Å². The van der Waals surface area contributed by atoms with Crippen LogP contribution in [-0.2, 0) is 6.42 Å². The van der Waals surface area contributed by atoms with Crippen molar-refractivity contribution in [3.63, 3.8) is 0 Å². The van der Waals surface area contributed by atoms with Crippen LogP contribution in [0.4, 0.5) is 0 Å². The summed E-state index contributed by atoms with van der Waals surface area (Å²) < 4.78 is 5.32. The molecule has 0 fully saturated rings. The van der Waals surface area contributed by atoms with Gasteiger partial charge < -0.3 is 9.51 Å². The zero-order chi connectivity index (χ0) is 10.8. The first-order valence-corrected chi connectivity index (χ1v) is 5.72. The Morgan fingerprint density at radius 2 is 2.20 bits per heavy atom. The van der Waals surface area contributed by atoms with Crippen LogP contribution in [-0.4, -0.2) is 4.98 Å². The summed E-state index contributed by atoms with van der Waals surface area (Å²) >= 11 is 0. The number of aryl methyl sites for hydroxylation is 2. The normalized spacial score (nSPS) is 10.9. The zero-order valence-corrected chi connectivity index (χ0v) is 10.3. The summed E-state index contributed by atoms with van der Waals surface area (Å²) in [5.41, 5.74) is 3.79. The number of nitrogens with one attached hydrogen (secondary N) is 1. The molecule has 1 unspecified atom stereocenters. The van der Waals surface area contributed by atoms with Crippen molar-refractivity contribution in [2.45, 2.75) is 26.7 Å². The van der Waals surface area contributed by atoms with E-state index in [9.17, 15) is 0 Å². The van der Waals surface area contributed by atoms with Crippen molar-refractivity contribution in [3.8, 4) is 5.75 Å². The van der Waals surface area contributed by atoms with E-state index < -0.39 is 0 Å². The second kappa shape index (κ2) is 4.24. The van der Waals surface area contributed by atoms with E-state index in [1.54, 1.807) is 0 Å². The first kappa shape index (κ1) is 10.5. The Morgan fingerprint density at radius 3 is 2.87 bits per heavy atom. The average molecular weight is 221 g/mol. The van der Waals surface area contributed by atoms with E-state index >= 15 is 0 Å². The quantitative estimate of drug-likeness (QED) is 0.787. The molecule has 1 N–H and O–H groups in total. The number of fused-ring (bicyclic) bond motifs is 1. The van der Waals surface area contributed by atoms with Crippen molar-refractivity contribution in [2.24, 2.45) is 0 Å². The highest BCUT2D eigenvalue weighted by molar-refractivity contribution is 7.10. The van der Waals surface area contributed by atoms with Crippen LogP contribution in [0.15, 0.2) is 18.2 Å². The molecule has 0 aliphatic heterocycles. The Hall–Kier alpha value is -1.01. The van der Waals surface area contributed by atoms with Gasteiger partial charge in [-0.25, -0.2) is 0 Å². The number of H-pyrrole nitrogens is 1. The van der Waals surface area contributed by atoms with Crippen molar-refractivity contribution < 1.29 is 4.52 Å². The third kappa shape index (κ3) is 1.74. The summed E-state index contributed by atoms with van der Waals surface area (Å²) in [4.78, 5) is 3.40. The van der Waals surface area contributed by atoms with Crippen LogP contribution in [0.3, 0.4) is 0 Å². The maximum atomic E-state index is 5.32. The Kier molecular flexibility index (Phi) is 2.97. The Balaban J connectivity index is 2.71. The first-order chi connectivity index (χ1) is 7.27. The predicted molar refractivity (Wildman–Crippen MR) is 67.4 cm³/mol. The lowest BCUT2D eigenvalue weighted by Crippen LogP contribution is -1.85. The van der Waals surface area contributed by atoms with Crippen molar-refractivity contribution in [1.29, 1.82) is 0 Å². The molecule has 0 saturated heterocycles. The van der Waals surface area contributed by atoms with Gasteiger partial charge in [-0.1, -0.05) is 19.4 Å². The fourth-order valence-electron chi connectivity index (χ4n) is 2.07. The maximum absolute atomic E-state index is 5.32. The largest absolute Gasteiger partial charge is 0.480 e. The van der Waals surface area contributed by atoms with Gasteiger partial charge in [0.25, 0.3) is 0 Å². The highest BCUT2D eigenvalue weighted by Gasteiger charge is 2.11. The number of hydrogen-bond acceptors (Lipinski definition) is 1. The van der Waals surface area contributed by atoms with E-state index in [1.165, 1.54) is 16.6 Å². The summed E-state index contributed by atoms with van der Waals surface area (Å²) in [6.07, 6.45) is 2.25. The third-order valence-electron chi connectivity index (χ3n) is 2.73. The summed E-state index contributed by atoms with van der Waals surface area (Å²) in [5, 5.41) is 1.23. The van der Waals surface area contributed by atoms with E-state index in [0.29, 0.717) is 0 Å². The average Bonchev–Trinajstić information content (AvgIpc) is 2.56. The van der Waals surface area contributed by atoms with E-state index in [0.717, 1.165) is 24.1 Å². The number of aromatic nitrogens is 1. The van der Waals surface area contributed by atoms with Crippen LogP contribution in [0, 0.1) is 6.92 Å². The molecule has 0 spiro atoms. The van der Waals surface area contributed by atoms with Crippen molar-refractivity contribution in [2.75, 3.05) is 0 Å². The van der Waals surface area contributed by atoms with Gasteiger partial charge in [-0.3, -0.25) is 0 Å². The first-order valence-electron chi connectivity index (χ1n) is 5.24. The maximum Gasteiger partial charge on any atom is 0.132 e. The van der Waals surface area contributed by atoms with Crippen LogP contribution in [0.1, 0.15) is 24.6 Å². The van der Waals surface area contributed by atoms with Crippen LogP contribution in [0.25, 0.3) is 10.9 Å². The van der Waals surface area contributed by atoms with Gasteiger partial charge in [-0.15, -0.1) is 0 Å². The summed E-state index contributed by atoms with van der Waals surface area (Å²) in [6.45, 7) is 4.32. The number of aromatic amines is 1. The molecule has 3 heteroatoms. The molecule has 0 aliphatic carbocycles. The van der Waals surface area contributed by atoms with Crippen molar-refractivity contribution in [3.05, 3.63) is 29.5 Å². The SMILES string of the molecule is CCCc1c(C)[nH]c2cccc(OP)c12. The van der Waals surface area contributed by atoms with E-state index in [1.807, 2.05) is 12.1 Å². The summed E-state index contributed by atoms with van der Waals surface area (Å²) in [5.74, 6) is 0.935. The Morgan fingerprint density at radius 1 is 1.40 bits per heavy atom. The van der Waals surface area contributed by atoms with E-state index in [4.69, 9.17) is 4.52 Å². The molecule has 1 atom stereocenters. The molecule has 2 aromatic rings. The number of rotatable bonds is 3. The molecule has 0 radical (unpaired) electrons. The van der Waals surface area contributed by atoms with Crippen LogP contribution < -0.4 is 4.52 Å². The third-order valence-corrected chi connectivity index (χ3v) is 2.98. The van der Waals surface area contributed by atoms with Gasteiger partial charge in [-0.2, -0.15) is 0 Å². The molecular weight excluding hydrogens is 205 g/mol. The second-order valence-corrected chi connectivity index (χ2v) is 4.01. The lowest BCUT2D eigenvalue weighted by atomic mass is 10.1. The van der Waals surface area contributed by atoms with Crippen LogP contribution in [0.5, 0.6) is 5.75 Å². The van der Waals surface area contributed by atoms with Gasteiger partial charge in [0.15, 0.2) is 0 Å². The van der Waals surface area contributed by atoms with Gasteiger partial charge in [0, 0.05) is 16.6 Å². The molecule has 2 rings (SSSR count). The molecule has 1 heterocycles. The predicted octanol–water partition coefficient (Wildman–Crippen LogP) is 3.60. The monoisotopic (exact) mass is 221 g/mol. The highest BCUT2D eigenvalue weighted by Crippen LogP contribution is 2.32. The fraction of sp³-hybridized carbons (Fsp3) is 0.333. The van der Waals surface area contributed by atoms with Crippen LogP contribution >= 0.6 is 9.47 Å². The molecule has 1 aromatic carbocycles. The van der Waals surface area contributed by atoms with Crippen LogP contribution in [0.2, 0.25) is 0 Å². The molecule has 15 heavy (non-hydrogen) atoms. The molecule has 80 valence electrons. The Bertz CT molecular complexity index is 476. The molecule has 0 amide bonds. The van der Waals surface area contributed by atoms with E-state index in [-0.39, 0.29) is 0 Å². The smallest absolute Gasteiger partial charge is 0.132 e. The number of hydrogen-bond donors (Lipinski definition) is 1. The summed E-state index contributed by atoms with van der Waals surface area (Å²) in [6, 6.07) is 6.10. The van der Waals surface area contributed by atoms with E-state index in [2.05, 4.69) is 34.4 Å². The molecule has 0 saturated carbocycles. The highest BCUT2D eigenvalue weighted by atomic mass is 31.0. The molecule has 0 aliphatic rings. The molecule has 1 aromatic heterocycles. The number of benzene rings is 1. The minimum absolute atomic E-state index is 0.935. The summed E-state index contributed by atoms with van der Waals surface area (Å²) in [7, 11) is 2.32. The lowest BCUT2D eigenvalue weighted by Gasteiger charge is -2.04. The second-order valence-electron chi connectivity index (χ2n) is 3.78. The van der Waals surface area contributed by atoms with Gasteiger partial charge in [0.05, 0.1) is 9.47 Å². The molecule has 2 nitrogen and oxygen atoms in total. The van der Waals surface area contributed by atoms with Gasteiger partial charge in [-0.05, 0) is 31.0 Å². The standard InChI is InChI=1S/C12H16NOP/c1-3-5-9-8(2)13-10-6-4-7-11(14-15)12(9)10/h4,6-7,13H,3,5,15H2,1-2H3. The lowest BCUT2D eigenvalue weighted by molar-refractivity contribution is 0.653. The minimum Gasteiger partial charge on any atom is -0.480 e. The molecular formula is C12H16NOP. The van der Waals surface area contributed by atoms with Gasteiger partial charge in [0.1, 0.15) is 5.75 Å². The zero-order valence-electron chi connectivity index (χ0n) is 9.13. The van der Waals surface area contributed by atoms with Crippen molar-refractivity contribution in [1.82, 2.24) is 4.98 Å². The molecule has 0 bridgehead atoms. The fourth-order valence-corrected chi connectivity index (χ4v) is 2.27. The van der Waals surface area contributed by atoms with Crippen molar-refractivity contribution >= 4 is 20.4 Å². The minimum atomic E-state index is 0.935. The van der Waals surface area contributed by atoms with Gasteiger partial charge >= 0.3 is 0 Å². The van der Waals surface area contributed by atoms with Gasteiger partial charge in [0.2, 0.25) is 0 Å². The topological polar surface area (TPSA) is 25.0 Å².